The van der Waals surface area contributed by atoms with Crippen LogP contribution >= 0.6 is 11.6 Å². The molecular weight excluding hydrogens is 320 g/mol. The summed E-state index contributed by atoms with van der Waals surface area (Å²) in [6.45, 7) is 0. The number of nitrogens with one attached hydrogen (secondary N) is 1. The van der Waals surface area contributed by atoms with E-state index >= 15 is 0 Å². The third-order valence-corrected chi connectivity index (χ3v) is 3.98. The minimum Gasteiger partial charge on any atom is -0.481 e. The summed E-state index contributed by atoms with van der Waals surface area (Å²) in [6, 6.07) is 4.17. The van der Waals surface area contributed by atoms with Gasteiger partial charge in [0.15, 0.2) is 0 Å². The first-order valence-corrected chi connectivity index (χ1v) is 7.89. The van der Waals surface area contributed by atoms with Gasteiger partial charge in [-0.3, -0.25) is 14.3 Å². The average molecular weight is 335 g/mol. The van der Waals surface area contributed by atoms with Crippen molar-refractivity contribution in [3.8, 4) is 0 Å². The number of hydrogen-bond donors (Lipinski definition) is 2. The lowest BCUT2D eigenvalue weighted by Crippen LogP contribution is -2.25. The average Bonchev–Trinajstić information content (AvgIpc) is 2.35. The molecule has 7 nitrogen and oxygen atoms in total. The second-order valence-electron chi connectivity index (χ2n) is 4.45. The lowest BCUT2D eigenvalue weighted by molar-refractivity contribution is -0.136. The van der Waals surface area contributed by atoms with Crippen LogP contribution in [-0.2, 0) is 14.8 Å². The highest BCUT2D eigenvalue weighted by atomic mass is 35.5. The number of hydrogen-bond acceptors (Lipinski definition) is 4. The van der Waals surface area contributed by atoms with Crippen LogP contribution < -0.4 is 4.72 Å². The summed E-state index contributed by atoms with van der Waals surface area (Å²) >= 11 is 5.80. The number of carboxylic acids is 1. The lowest BCUT2D eigenvalue weighted by atomic mass is 10.1. The predicted octanol–water partition coefficient (Wildman–Crippen LogP) is 1.26. The third-order valence-electron chi connectivity index (χ3n) is 2.47. The van der Waals surface area contributed by atoms with Crippen molar-refractivity contribution in [1.82, 2.24) is 4.90 Å². The molecule has 1 rings (SSSR count). The molecule has 0 saturated heterocycles. The van der Waals surface area contributed by atoms with Gasteiger partial charge in [-0.2, -0.15) is 0 Å². The van der Waals surface area contributed by atoms with Crippen molar-refractivity contribution in [2.75, 3.05) is 24.6 Å². The molecule has 9 heteroatoms. The van der Waals surface area contributed by atoms with Gasteiger partial charge in [0, 0.05) is 19.1 Å². The van der Waals surface area contributed by atoms with Gasteiger partial charge in [-0.15, -0.1) is 0 Å². The van der Waals surface area contributed by atoms with Crippen LogP contribution in [0, 0.1) is 0 Å². The molecule has 0 saturated carbocycles. The van der Waals surface area contributed by atoms with Crippen LogP contribution in [0.3, 0.4) is 0 Å². The second kappa shape index (κ2) is 6.77. The van der Waals surface area contributed by atoms with Crippen LogP contribution in [0.15, 0.2) is 18.2 Å². The number of carbonyl (C=O) groups excluding carboxylic acids is 1. The van der Waals surface area contributed by atoms with E-state index in [1.165, 1.54) is 37.2 Å². The first-order valence-electron chi connectivity index (χ1n) is 5.86. The zero-order valence-electron chi connectivity index (χ0n) is 11.5. The Hall–Kier alpha value is -1.80. The van der Waals surface area contributed by atoms with Crippen molar-refractivity contribution in [2.45, 2.75) is 6.42 Å². The molecule has 0 aliphatic rings. The van der Waals surface area contributed by atoms with E-state index in [-0.39, 0.29) is 16.3 Å². The van der Waals surface area contributed by atoms with Gasteiger partial charge in [0.05, 0.1) is 23.4 Å². The monoisotopic (exact) mass is 334 g/mol. The molecule has 0 heterocycles. The number of amides is 1. The molecule has 0 bridgehead atoms. The van der Waals surface area contributed by atoms with E-state index in [0.29, 0.717) is 0 Å². The maximum Gasteiger partial charge on any atom is 0.304 e. The molecular formula is C12H15ClN2O5S. The Balaban J connectivity index is 3.09. The molecule has 0 spiro atoms. The Morgan fingerprint density at radius 1 is 1.33 bits per heavy atom. The molecule has 0 atom stereocenters. The van der Waals surface area contributed by atoms with Crippen LogP contribution in [0.1, 0.15) is 16.8 Å². The Kier molecular flexibility index (Phi) is 5.56. The summed E-state index contributed by atoms with van der Waals surface area (Å²) in [5, 5.41) is 8.78. The summed E-state index contributed by atoms with van der Waals surface area (Å²) in [5.74, 6) is -2.22. The van der Waals surface area contributed by atoms with Gasteiger partial charge in [0.1, 0.15) is 0 Å². The molecule has 0 aliphatic heterocycles. The smallest absolute Gasteiger partial charge is 0.304 e. The molecule has 116 valence electrons. The maximum atomic E-state index is 12.0. The Bertz CT molecular complexity index is 658. The summed E-state index contributed by atoms with van der Waals surface area (Å²) in [7, 11) is -0.834. The van der Waals surface area contributed by atoms with E-state index in [0.717, 1.165) is 0 Å². The molecule has 1 aromatic rings. The number of nitrogens with zero attached hydrogens (tertiary/aromatic N) is 1. The topological polar surface area (TPSA) is 104 Å². The van der Waals surface area contributed by atoms with Crippen molar-refractivity contribution >= 4 is 39.2 Å². The van der Waals surface area contributed by atoms with Gasteiger partial charge in [-0.05, 0) is 18.2 Å². The zero-order valence-corrected chi connectivity index (χ0v) is 13.0. The molecule has 2 N–H and O–H groups in total. The fraction of sp³-hybridized carbons (Fsp3) is 0.333. The largest absolute Gasteiger partial charge is 0.481 e. The highest BCUT2D eigenvalue weighted by Gasteiger charge is 2.19. The van der Waals surface area contributed by atoms with Gasteiger partial charge in [-0.1, -0.05) is 11.6 Å². The fourth-order valence-electron chi connectivity index (χ4n) is 1.47. The zero-order chi connectivity index (χ0) is 16.2. The molecule has 1 amide bonds. The highest BCUT2D eigenvalue weighted by Crippen LogP contribution is 2.23. The minimum atomic E-state index is -3.89. The normalized spacial score (nSPS) is 11.0. The highest BCUT2D eigenvalue weighted by molar-refractivity contribution is 7.92. The predicted molar refractivity (Wildman–Crippen MR) is 79.1 cm³/mol. The van der Waals surface area contributed by atoms with Crippen molar-refractivity contribution in [1.29, 1.82) is 0 Å². The number of benzene rings is 1. The SMILES string of the molecule is CN(C)C(=O)c1ccc(Cl)cc1NS(=O)(=O)CCC(=O)O. The van der Waals surface area contributed by atoms with Gasteiger partial charge in [-0.25, -0.2) is 8.42 Å². The molecule has 0 aliphatic carbocycles. The van der Waals surface area contributed by atoms with E-state index in [1.54, 1.807) is 0 Å². The minimum absolute atomic E-state index is 0.0200. The number of aliphatic carboxylic acids is 1. The molecule has 0 unspecified atom stereocenters. The number of anilines is 1. The molecule has 21 heavy (non-hydrogen) atoms. The summed E-state index contributed by atoms with van der Waals surface area (Å²) < 4.78 is 25.8. The quantitative estimate of drug-likeness (QED) is 0.815. The van der Waals surface area contributed by atoms with Crippen LogP contribution in [0.4, 0.5) is 5.69 Å². The van der Waals surface area contributed by atoms with E-state index in [2.05, 4.69) is 4.72 Å². The van der Waals surface area contributed by atoms with Gasteiger partial charge >= 0.3 is 5.97 Å². The van der Waals surface area contributed by atoms with Crippen molar-refractivity contribution in [3.63, 3.8) is 0 Å². The maximum absolute atomic E-state index is 12.0. The van der Waals surface area contributed by atoms with E-state index in [4.69, 9.17) is 16.7 Å². The first-order chi connectivity index (χ1) is 9.62. The molecule has 1 aromatic carbocycles. The first kappa shape index (κ1) is 17.3. The lowest BCUT2D eigenvalue weighted by Gasteiger charge is -2.15. The van der Waals surface area contributed by atoms with Gasteiger partial charge < -0.3 is 10.0 Å². The van der Waals surface area contributed by atoms with Crippen LogP contribution in [-0.4, -0.2) is 50.1 Å². The van der Waals surface area contributed by atoms with Crippen LogP contribution in [0.2, 0.25) is 5.02 Å². The second-order valence-corrected chi connectivity index (χ2v) is 6.73. The summed E-state index contributed by atoms with van der Waals surface area (Å²) in [6.07, 6.45) is -0.535. The Labute approximate surface area is 127 Å². The number of carbonyl (C=O) groups is 2. The number of sulfonamides is 1. The van der Waals surface area contributed by atoms with E-state index in [1.807, 2.05) is 0 Å². The van der Waals surface area contributed by atoms with Crippen LogP contribution in [0.5, 0.6) is 0 Å². The van der Waals surface area contributed by atoms with Crippen molar-refractivity contribution in [3.05, 3.63) is 28.8 Å². The number of halogens is 1. The van der Waals surface area contributed by atoms with Gasteiger partial charge in [0.25, 0.3) is 5.91 Å². The Morgan fingerprint density at radius 2 is 1.95 bits per heavy atom. The standard InChI is InChI=1S/C12H15ClN2O5S/c1-15(2)12(18)9-4-3-8(13)7-10(9)14-21(19,20)6-5-11(16)17/h3-4,7,14H,5-6H2,1-2H3,(H,16,17). The Morgan fingerprint density at radius 3 is 2.48 bits per heavy atom. The summed E-state index contributed by atoms with van der Waals surface area (Å²) in [5.41, 5.74) is 0.148. The molecule has 0 aromatic heterocycles. The fourth-order valence-corrected chi connectivity index (χ4v) is 2.69. The van der Waals surface area contributed by atoms with Crippen LogP contribution in [0.25, 0.3) is 0 Å². The third kappa shape index (κ3) is 5.24. The summed E-state index contributed by atoms with van der Waals surface area (Å²) in [4.78, 5) is 23.7. The van der Waals surface area contributed by atoms with Crippen molar-refractivity contribution < 1.29 is 23.1 Å². The van der Waals surface area contributed by atoms with Crippen molar-refractivity contribution in [2.24, 2.45) is 0 Å². The number of carboxylic acid groups (broad SMARTS) is 1. The van der Waals surface area contributed by atoms with E-state index < -0.39 is 34.1 Å². The number of rotatable bonds is 6. The van der Waals surface area contributed by atoms with E-state index in [9.17, 15) is 18.0 Å². The molecule has 0 radical (unpaired) electrons. The molecule has 0 fully saturated rings. The van der Waals surface area contributed by atoms with Gasteiger partial charge in [0.2, 0.25) is 10.0 Å².